The predicted octanol–water partition coefficient (Wildman–Crippen LogP) is 4.97. The van der Waals surface area contributed by atoms with Gasteiger partial charge in [0.1, 0.15) is 11.6 Å². The lowest BCUT2D eigenvalue weighted by molar-refractivity contribution is 0.262. The Bertz CT molecular complexity index is 882. The number of carbonyl (C=O) groups excluding carboxylic acids is 1. The van der Waals surface area contributed by atoms with Crippen molar-refractivity contribution in [2.75, 3.05) is 10.6 Å². The number of pyridine rings is 1. The van der Waals surface area contributed by atoms with Gasteiger partial charge in [-0.25, -0.2) is 14.2 Å². The predicted molar refractivity (Wildman–Crippen MR) is 94.5 cm³/mol. The smallest absolute Gasteiger partial charge is 0.323 e. The van der Waals surface area contributed by atoms with E-state index in [-0.39, 0.29) is 0 Å². The molecule has 6 heteroatoms. The van der Waals surface area contributed by atoms with Crippen molar-refractivity contribution in [1.29, 1.82) is 0 Å². The van der Waals surface area contributed by atoms with Crippen molar-refractivity contribution in [1.82, 2.24) is 4.98 Å². The van der Waals surface area contributed by atoms with Crippen molar-refractivity contribution >= 4 is 17.4 Å². The monoisotopic (exact) mass is 337 g/mol. The maximum atomic E-state index is 13.1. The zero-order chi connectivity index (χ0) is 17.6. The average Bonchev–Trinajstić information content (AvgIpc) is 2.58. The molecule has 0 aliphatic heterocycles. The van der Waals surface area contributed by atoms with E-state index in [0.29, 0.717) is 17.3 Å². The van der Waals surface area contributed by atoms with Crippen LogP contribution in [0.2, 0.25) is 0 Å². The summed E-state index contributed by atoms with van der Waals surface area (Å²) in [5.41, 5.74) is 1.86. The second-order valence-electron chi connectivity index (χ2n) is 5.34. The quantitative estimate of drug-likeness (QED) is 0.707. The van der Waals surface area contributed by atoms with Crippen molar-refractivity contribution in [3.05, 3.63) is 78.2 Å². The van der Waals surface area contributed by atoms with E-state index in [0.717, 1.165) is 11.3 Å². The third kappa shape index (κ3) is 4.54. The summed E-state index contributed by atoms with van der Waals surface area (Å²) in [5, 5.41) is 5.17. The molecule has 0 saturated carbocycles. The molecule has 0 atom stereocenters. The van der Waals surface area contributed by atoms with Gasteiger partial charge in [-0.3, -0.25) is 0 Å². The molecule has 0 aliphatic rings. The molecule has 0 aliphatic carbocycles. The molecule has 0 spiro atoms. The number of nitrogens with zero attached hydrogens (tertiary/aromatic N) is 1. The van der Waals surface area contributed by atoms with Crippen LogP contribution in [0.3, 0.4) is 0 Å². The van der Waals surface area contributed by atoms with Crippen molar-refractivity contribution in [3.63, 3.8) is 0 Å². The highest BCUT2D eigenvalue weighted by Gasteiger charge is 2.05. The molecule has 25 heavy (non-hydrogen) atoms. The molecule has 3 rings (SSSR count). The van der Waals surface area contributed by atoms with E-state index in [4.69, 9.17) is 4.74 Å². The first-order valence-electron chi connectivity index (χ1n) is 7.63. The van der Waals surface area contributed by atoms with E-state index in [1.54, 1.807) is 18.2 Å². The molecule has 0 bridgehead atoms. The Balaban J connectivity index is 1.60. The maximum Gasteiger partial charge on any atom is 0.323 e. The summed E-state index contributed by atoms with van der Waals surface area (Å²) in [6, 6.07) is 16.1. The van der Waals surface area contributed by atoms with Crippen LogP contribution in [-0.4, -0.2) is 11.0 Å². The number of ether oxygens (including phenoxy) is 1. The average molecular weight is 337 g/mol. The molecule has 0 unspecified atom stereocenters. The van der Waals surface area contributed by atoms with Crippen molar-refractivity contribution in [3.8, 4) is 11.6 Å². The lowest BCUT2D eigenvalue weighted by Crippen LogP contribution is -2.19. The number of para-hydroxylation sites is 1. The molecular formula is C19H16FN3O2. The van der Waals surface area contributed by atoms with Crippen LogP contribution in [0.25, 0.3) is 0 Å². The van der Waals surface area contributed by atoms with E-state index in [1.807, 2.05) is 31.2 Å². The summed E-state index contributed by atoms with van der Waals surface area (Å²) >= 11 is 0. The minimum Gasteiger partial charge on any atom is -0.439 e. The van der Waals surface area contributed by atoms with Crippen molar-refractivity contribution < 1.29 is 13.9 Å². The first-order valence-corrected chi connectivity index (χ1v) is 7.63. The van der Waals surface area contributed by atoms with Gasteiger partial charge in [0.05, 0.1) is 11.9 Å². The fourth-order valence-corrected chi connectivity index (χ4v) is 2.16. The number of aryl methyl sites for hydroxylation is 1. The van der Waals surface area contributed by atoms with E-state index >= 15 is 0 Å². The second kappa shape index (κ2) is 7.44. The lowest BCUT2D eigenvalue weighted by atomic mass is 10.2. The van der Waals surface area contributed by atoms with Crippen LogP contribution < -0.4 is 15.4 Å². The third-order valence-corrected chi connectivity index (χ3v) is 3.38. The summed E-state index contributed by atoms with van der Waals surface area (Å²) in [6.45, 7) is 1.95. The zero-order valence-electron chi connectivity index (χ0n) is 13.5. The van der Waals surface area contributed by atoms with Gasteiger partial charge in [0.15, 0.2) is 0 Å². The third-order valence-electron chi connectivity index (χ3n) is 3.38. The topological polar surface area (TPSA) is 63.2 Å². The van der Waals surface area contributed by atoms with Gasteiger partial charge >= 0.3 is 6.03 Å². The summed E-state index contributed by atoms with van der Waals surface area (Å²) < 4.78 is 18.8. The van der Waals surface area contributed by atoms with Crippen LogP contribution >= 0.6 is 0 Å². The summed E-state index contributed by atoms with van der Waals surface area (Å²) in [4.78, 5) is 16.1. The molecule has 1 aromatic heterocycles. The first-order chi connectivity index (χ1) is 12.1. The van der Waals surface area contributed by atoms with Gasteiger partial charge in [-0.05, 0) is 42.8 Å². The fourth-order valence-electron chi connectivity index (χ4n) is 2.16. The van der Waals surface area contributed by atoms with Crippen LogP contribution in [0.1, 0.15) is 5.56 Å². The Morgan fingerprint density at radius 2 is 1.80 bits per heavy atom. The SMILES string of the molecule is Cc1ccccc1Oc1ccc(NC(=O)Nc2cccc(F)c2)cn1. The van der Waals surface area contributed by atoms with E-state index < -0.39 is 11.8 Å². The minimum absolute atomic E-state index is 0.366. The number of aromatic nitrogens is 1. The Kier molecular flexibility index (Phi) is 4.89. The van der Waals surface area contributed by atoms with Gasteiger partial charge < -0.3 is 15.4 Å². The standard InChI is InChI=1S/C19H16FN3O2/c1-13-5-2-3-8-17(13)25-18-10-9-16(12-21-18)23-19(24)22-15-7-4-6-14(20)11-15/h2-12H,1H3,(H2,22,23,24). The molecule has 0 fully saturated rings. The highest BCUT2D eigenvalue weighted by atomic mass is 19.1. The zero-order valence-corrected chi connectivity index (χ0v) is 13.5. The van der Waals surface area contributed by atoms with Crippen LogP contribution in [0.4, 0.5) is 20.6 Å². The molecule has 0 saturated heterocycles. The summed E-state index contributed by atoms with van der Waals surface area (Å²) in [5.74, 6) is 0.724. The minimum atomic E-state index is -0.486. The van der Waals surface area contributed by atoms with Crippen LogP contribution in [0, 0.1) is 12.7 Å². The molecule has 1 heterocycles. The van der Waals surface area contributed by atoms with Crippen LogP contribution in [0.15, 0.2) is 66.9 Å². The number of carbonyl (C=O) groups is 1. The number of urea groups is 1. The highest BCUT2D eigenvalue weighted by molar-refractivity contribution is 5.99. The normalized spacial score (nSPS) is 10.2. The Hall–Kier alpha value is -3.41. The van der Waals surface area contributed by atoms with E-state index in [2.05, 4.69) is 15.6 Å². The van der Waals surface area contributed by atoms with E-state index in [9.17, 15) is 9.18 Å². The Morgan fingerprint density at radius 3 is 2.52 bits per heavy atom. The van der Waals surface area contributed by atoms with Crippen LogP contribution in [0.5, 0.6) is 11.6 Å². The largest absolute Gasteiger partial charge is 0.439 e. The van der Waals surface area contributed by atoms with Gasteiger partial charge in [0.2, 0.25) is 5.88 Å². The summed E-state index contributed by atoms with van der Waals surface area (Å²) in [7, 11) is 0. The fraction of sp³-hybridized carbons (Fsp3) is 0.0526. The van der Waals surface area contributed by atoms with Gasteiger partial charge in [-0.15, -0.1) is 0 Å². The summed E-state index contributed by atoms with van der Waals surface area (Å²) in [6.07, 6.45) is 1.48. The maximum absolute atomic E-state index is 13.1. The van der Waals surface area contributed by atoms with Gasteiger partial charge in [0, 0.05) is 11.8 Å². The Labute approximate surface area is 144 Å². The van der Waals surface area contributed by atoms with E-state index in [1.165, 1.54) is 24.4 Å². The highest BCUT2D eigenvalue weighted by Crippen LogP contribution is 2.23. The molecule has 5 nitrogen and oxygen atoms in total. The molecule has 3 aromatic rings. The molecule has 2 aromatic carbocycles. The first kappa shape index (κ1) is 16.4. The molecule has 0 radical (unpaired) electrons. The second-order valence-corrected chi connectivity index (χ2v) is 5.34. The molecule has 126 valence electrons. The van der Waals surface area contributed by atoms with Gasteiger partial charge in [-0.2, -0.15) is 0 Å². The van der Waals surface area contributed by atoms with Crippen LogP contribution in [-0.2, 0) is 0 Å². The molecule has 2 amide bonds. The lowest BCUT2D eigenvalue weighted by Gasteiger charge is -2.09. The number of rotatable bonds is 4. The van der Waals surface area contributed by atoms with Gasteiger partial charge in [0.25, 0.3) is 0 Å². The number of hydrogen-bond acceptors (Lipinski definition) is 3. The number of halogens is 1. The van der Waals surface area contributed by atoms with Crippen molar-refractivity contribution in [2.45, 2.75) is 6.92 Å². The molecule has 2 N–H and O–H groups in total. The number of anilines is 2. The number of amides is 2. The number of benzene rings is 2. The molecular weight excluding hydrogens is 321 g/mol. The number of nitrogens with one attached hydrogen (secondary N) is 2. The Morgan fingerprint density at radius 1 is 1.00 bits per heavy atom. The van der Waals surface area contributed by atoms with Crippen molar-refractivity contribution in [2.24, 2.45) is 0 Å². The van der Waals surface area contributed by atoms with Gasteiger partial charge in [-0.1, -0.05) is 24.3 Å². The number of hydrogen-bond donors (Lipinski definition) is 2.